The number of benzene rings is 2. The monoisotopic (exact) mass is 294 g/mol. The molecule has 0 bridgehead atoms. The molecule has 0 amide bonds. The fourth-order valence-electron chi connectivity index (χ4n) is 2.58. The maximum Gasteiger partial charge on any atom is 0.128 e. The smallest absolute Gasteiger partial charge is 0.128 e. The summed E-state index contributed by atoms with van der Waals surface area (Å²) in [5, 5.41) is 0. The molecule has 0 saturated heterocycles. The number of methoxy groups -OCH3 is 2. The summed E-state index contributed by atoms with van der Waals surface area (Å²) >= 11 is 0. The van der Waals surface area contributed by atoms with Gasteiger partial charge in [-0.15, -0.1) is 0 Å². The molecular formula is C18H18N2O2. The topological polar surface area (TPSA) is 43.2 Å². The van der Waals surface area contributed by atoms with E-state index in [9.17, 15) is 0 Å². The van der Waals surface area contributed by atoms with E-state index < -0.39 is 0 Å². The molecule has 0 atom stereocenters. The van der Waals surface area contributed by atoms with Crippen LogP contribution in [0.15, 0.2) is 58.5 Å². The van der Waals surface area contributed by atoms with Crippen molar-refractivity contribution in [2.24, 2.45) is 9.98 Å². The van der Waals surface area contributed by atoms with Gasteiger partial charge in [0.15, 0.2) is 0 Å². The summed E-state index contributed by atoms with van der Waals surface area (Å²) in [4.78, 5) is 9.38. The van der Waals surface area contributed by atoms with Crippen molar-refractivity contribution in [2.45, 2.75) is 0 Å². The number of para-hydroxylation sites is 2. The Kier molecular flexibility index (Phi) is 4.19. The normalized spacial score (nSPS) is 14.1. The van der Waals surface area contributed by atoms with Gasteiger partial charge in [0.2, 0.25) is 0 Å². The largest absolute Gasteiger partial charge is 0.496 e. The molecule has 4 heteroatoms. The maximum absolute atomic E-state index is 5.47. The first-order chi connectivity index (χ1) is 10.8. The van der Waals surface area contributed by atoms with E-state index in [0.29, 0.717) is 13.1 Å². The Balaban J connectivity index is 2.11. The standard InChI is InChI=1S/C18H18N2O2/c1-21-15-9-5-3-7-13(15)17-18(20-12-11-19-17)14-8-4-6-10-16(14)22-2/h3-10H,11-12H2,1-2H3. The average Bonchev–Trinajstić information content (AvgIpc) is 2.61. The highest BCUT2D eigenvalue weighted by atomic mass is 16.5. The molecule has 1 aliphatic heterocycles. The molecule has 112 valence electrons. The predicted molar refractivity (Wildman–Crippen MR) is 88.8 cm³/mol. The summed E-state index contributed by atoms with van der Waals surface area (Å²) in [5.41, 5.74) is 3.62. The Labute approximate surface area is 130 Å². The molecule has 0 spiro atoms. The first-order valence-electron chi connectivity index (χ1n) is 7.21. The third-order valence-corrected chi connectivity index (χ3v) is 3.59. The summed E-state index contributed by atoms with van der Waals surface area (Å²) in [6.07, 6.45) is 0. The second-order valence-corrected chi connectivity index (χ2v) is 4.86. The Morgan fingerprint density at radius 2 is 1.09 bits per heavy atom. The summed E-state index contributed by atoms with van der Waals surface area (Å²) in [6, 6.07) is 15.8. The number of ether oxygens (including phenoxy) is 2. The van der Waals surface area contributed by atoms with Crippen LogP contribution in [0.1, 0.15) is 11.1 Å². The van der Waals surface area contributed by atoms with E-state index in [1.807, 2.05) is 48.5 Å². The van der Waals surface area contributed by atoms with Gasteiger partial charge in [-0.3, -0.25) is 9.98 Å². The minimum atomic E-state index is 0.687. The van der Waals surface area contributed by atoms with Gasteiger partial charge in [0, 0.05) is 11.1 Å². The average molecular weight is 294 g/mol. The van der Waals surface area contributed by atoms with Crippen LogP contribution >= 0.6 is 0 Å². The van der Waals surface area contributed by atoms with Gasteiger partial charge in [0.05, 0.1) is 38.7 Å². The lowest BCUT2D eigenvalue weighted by Gasteiger charge is -2.18. The van der Waals surface area contributed by atoms with E-state index in [-0.39, 0.29) is 0 Å². The number of rotatable bonds is 4. The van der Waals surface area contributed by atoms with Gasteiger partial charge in [0.25, 0.3) is 0 Å². The third-order valence-electron chi connectivity index (χ3n) is 3.59. The zero-order valence-electron chi connectivity index (χ0n) is 12.7. The van der Waals surface area contributed by atoms with Crippen LogP contribution in [0.4, 0.5) is 0 Å². The molecule has 0 aliphatic carbocycles. The van der Waals surface area contributed by atoms with Crippen molar-refractivity contribution in [3.8, 4) is 11.5 Å². The van der Waals surface area contributed by atoms with E-state index in [0.717, 1.165) is 34.0 Å². The summed E-state index contributed by atoms with van der Waals surface area (Å²) in [5.74, 6) is 1.59. The molecule has 0 saturated carbocycles. The first kappa shape index (κ1) is 14.3. The van der Waals surface area contributed by atoms with Gasteiger partial charge >= 0.3 is 0 Å². The van der Waals surface area contributed by atoms with Gasteiger partial charge in [-0.05, 0) is 24.3 Å². The number of aliphatic imine (C=N–C) groups is 2. The third kappa shape index (κ3) is 2.60. The highest BCUT2D eigenvalue weighted by molar-refractivity contribution is 6.54. The Morgan fingerprint density at radius 1 is 0.682 bits per heavy atom. The fourth-order valence-corrected chi connectivity index (χ4v) is 2.58. The van der Waals surface area contributed by atoms with Crippen LogP contribution in [0.5, 0.6) is 11.5 Å². The van der Waals surface area contributed by atoms with Gasteiger partial charge in [-0.1, -0.05) is 24.3 Å². The second-order valence-electron chi connectivity index (χ2n) is 4.86. The van der Waals surface area contributed by atoms with Crippen molar-refractivity contribution in [2.75, 3.05) is 27.3 Å². The van der Waals surface area contributed by atoms with Crippen LogP contribution in [-0.2, 0) is 0 Å². The highest BCUT2D eigenvalue weighted by Crippen LogP contribution is 2.25. The van der Waals surface area contributed by atoms with Crippen molar-refractivity contribution in [1.82, 2.24) is 0 Å². The van der Waals surface area contributed by atoms with Gasteiger partial charge in [0.1, 0.15) is 11.5 Å². The van der Waals surface area contributed by atoms with Crippen molar-refractivity contribution in [3.05, 3.63) is 59.7 Å². The Morgan fingerprint density at radius 3 is 1.50 bits per heavy atom. The summed E-state index contributed by atoms with van der Waals surface area (Å²) < 4.78 is 10.9. The van der Waals surface area contributed by atoms with E-state index in [4.69, 9.17) is 19.5 Å². The van der Waals surface area contributed by atoms with Gasteiger partial charge in [-0.25, -0.2) is 0 Å². The molecule has 4 nitrogen and oxygen atoms in total. The Hall–Kier alpha value is -2.62. The predicted octanol–water partition coefficient (Wildman–Crippen LogP) is 3.00. The molecule has 1 aliphatic rings. The zero-order valence-corrected chi connectivity index (χ0v) is 12.7. The van der Waals surface area contributed by atoms with Crippen LogP contribution in [0.3, 0.4) is 0 Å². The quantitative estimate of drug-likeness (QED) is 0.870. The fraction of sp³-hybridized carbons (Fsp3) is 0.222. The molecule has 0 N–H and O–H groups in total. The molecule has 3 rings (SSSR count). The minimum absolute atomic E-state index is 0.687. The van der Waals surface area contributed by atoms with Crippen molar-refractivity contribution < 1.29 is 9.47 Å². The van der Waals surface area contributed by atoms with E-state index in [1.54, 1.807) is 14.2 Å². The van der Waals surface area contributed by atoms with Crippen molar-refractivity contribution >= 4 is 11.4 Å². The number of hydrogen-bond donors (Lipinski definition) is 0. The van der Waals surface area contributed by atoms with Crippen LogP contribution in [-0.4, -0.2) is 38.7 Å². The molecule has 0 aromatic heterocycles. The molecule has 0 unspecified atom stereocenters. The lowest BCUT2D eigenvalue weighted by molar-refractivity contribution is 0.413. The summed E-state index contributed by atoms with van der Waals surface area (Å²) in [6.45, 7) is 1.37. The van der Waals surface area contributed by atoms with Gasteiger partial charge in [-0.2, -0.15) is 0 Å². The molecule has 0 fully saturated rings. The maximum atomic E-state index is 5.47. The highest BCUT2D eigenvalue weighted by Gasteiger charge is 2.21. The zero-order chi connectivity index (χ0) is 15.4. The van der Waals surface area contributed by atoms with Crippen molar-refractivity contribution in [1.29, 1.82) is 0 Å². The van der Waals surface area contributed by atoms with E-state index in [2.05, 4.69) is 0 Å². The summed E-state index contributed by atoms with van der Waals surface area (Å²) in [7, 11) is 3.34. The van der Waals surface area contributed by atoms with Crippen LogP contribution in [0.2, 0.25) is 0 Å². The molecule has 1 heterocycles. The second kappa shape index (κ2) is 6.43. The molecular weight excluding hydrogens is 276 g/mol. The minimum Gasteiger partial charge on any atom is -0.496 e. The van der Waals surface area contributed by atoms with Crippen molar-refractivity contribution in [3.63, 3.8) is 0 Å². The Bertz CT molecular complexity index is 672. The van der Waals surface area contributed by atoms with Crippen LogP contribution in [0, 0.1) is 0 Å². The van der Waals surface area contributed by atoms with Gasteiger partial charge < -0.3 is 9.47 Å². The number of nitrogens with zero attached hydrogens (tertiary/aromatic N) is 2. The SMILES string of the molecule is COc1ccccc1C1=NCCN=C1c1ccccc1OC. The van der Waals surface area contributed by atoms with Crippen LogP contribution < -0.4 is 9.47 Å². The molecule has 2 aromatic rings. The molecule has 2 aromatic carbocycles. The lowest BCUT2D eigenvalue weighted by atomic mass is 9.97. The first-order valence-corrected chi connectivity index (χ1v) is 7.21. The van der Waals surface area contributed by atoms with E-state index in [1.165, 1.54) is 0 Å². The molecule has 0 radical (unpaired) electrons. The lowest BCUT2D eigenvalue weighted by Crippen LogP contribution is -2.23. The van der Waals surface area contributed by atoms with E-state index >= 15 is 0 Å². The number of hydrogen-bond acceptors (Lipinski definition) is 4. The molecule has 22 heavy (non-hydrogen) atoms. The van der Waals surface area contributed by atoms with Crippen LogP contribution in [0.25, 0.3) is 0 Å².